The van der Waals surface area contributed by atoms with E-state index in [1.165, 1.54) is 4.57 Å². The van der Waals surface area contributed by atoms with E-state index in [1.54, 1.807) is 11.0 Å². The standard InChI is InChI=1S/C40H58N6O8/c1-30-7-4-8-31(2)38(30)43-36(47)12-6-10-33-13-18-50-23-24-53-22-17-45(41-29-54-26-25-51-19-14-33)27-35-42-39-32(3)9-5-11-34(39)40(49)46(35)28-37(48)44-15-20-52-21-16-44/h4-5,7-9,11,33,41H,6,10,12-29H2,1-3H3,(H,43,47). The van der Waals surface area contributed by atoms with Gasteiger partial charge in [0, 0.05) is 45.0 Å². The van der Waals surface area contributed by atoms with E-state index < -0.39 is 0 Å². The number of carbonyl (C=O) groups excluding carboxylic acids is 2. The first-order valence-corrected chi connectivity index (χ1v) is 19.3. The van der Waals surface area contributed by atoms with Gasteiger partial charge in [0.25, 0.3) is 5.56 Å². The molecule has 2 N–H and O–H groups in total. The number of aromatic nitrogens is 2. The van der Waals surface area contributed by atoms with Gasteiger partial charge in [0.15, 0.2) is 0 Å². The van der Waals surface area contributed by atoms with Gasteiger partial charge in [-0.15, -0.1) is 0 Å². The first-order valence-electron chi connectivity index (χ1n) is 19.3. The molecule has 2 aromatic carbocycles. The number of nitrogens with zero attached hydrogens (tertiary/aromatic N) is 4. The van der Waals surface area contributed by atoms with Crippen molar-refractivity contribution in [1.29, 1.82) is 0 Å². The fourth-order valence-electron chi connectivity index (χ4n) is 6.77. The monoisotopic (exact) mass is 750 g/mol. The molecule has 2 saturated heterocycles. The molecule has 3 aromatic rings. The molecule has 14 heteroatoms. The van der Waals surface area contributed by atoms with Gasteiger partial charge in [-0.25, -0.2) is 15.4 Å². The maximum absolute atomic E-state index is 13.8. The van der Waals surface area contributed by atoms with Gasteiger partial charge < -0.3 is 33.9 Å². The van der Waals surface area contributed by atoms with Crippen molar-refractivity contribution in [2.45, 2.75) is 66.0 Å². The molecule has 1 unspecified atom stereocenters. The van der Waals surface area contributed by atoms with Gasteiger partial charge in [-0.05, 0) is 75.1 Å². The highest BCUT2D eigenvalue weighted by atomic mass is 16.5. The summed E-state index contributed by atoms with van der Waals surface area (Å²) in [5, 5.41) is 5.48. The predicted octanol–water partition coefficient (Wildman–Crippen LogP) is 3.73. The average Bonchev–Trinajstić information content (AvgIpc) is 3.16. The zero-order valence-electron chi connectivity index (χ0n) is 32.2. The van der Waals surface area contributed by atoms with Crippen LogP contribution in [0.4, 0.5) is 5.69 Å². The van der Waals surface area contributed by atoms with Crippen LogP contribution < -0.4 is 16.3 Å². The van der Waals surface area contributed by atoms with Crippen molar-refractivity contribution in [2.75, 3.05) is 91.1 Å². The maximum Gasteiger partial charge on any atom is 0.261 e. The number of hydrazine groups is 1. The zero-order valence-corrected chi connectivity index (χ0v) is 32.2. The Hall–Kier alpha value is -3.76. The largest absolute Gasteiger partial charge is 0.379 e. The molecule has 0 radical (unpaired) electrons. The van der Waals surface area contributed by atoms with Crippen molar-refractivity contribution >= 4 is 28.4 Å². The Labute approximate surface area is 318 Å². The molecule has 0 spiro atoms. The number of aryl methyl sites for hydroxylation is 3. The highest BCUT2D eigenvalue weighted by molar-refractivity contribution is 5.92. The van der Waals surface area contributed by atoms with Gasteiger partial charge in [-0.2, -0.15) is 0 Å². The SMILES string of the molecule is Cc1cccc(C)c1NC(=O)CCCC1CCOCCOCCN(Cc2nc3c(C)cccc3c(=O)n2CC(=O)N2CCOCC2)NCOCCOCC1. The van der Waals surface area contributed by atoms with Gasteiger partial charge in [-0.3, -0.25) is 19.0 Å². The number of para-hydroxylation sites is 2. The second-order valence-electron chi connectivity index (χ2n) is 14.0. The summed E-state index contributed by atoms with van der Waals surface area (Å²) in [6.45, 7) is 12.1. The predicted molar refractivity (Wildman–Crippen MR) is 206 cm³/mol. The summed E-state index contributed by atoms with van der Waals surface area (Å²) in [4.78, 5) is 46.5. The molecule has 1 aromatic heterocycles. The smallest absolute Gasteiger partial charge is 0.261 e. The molecule has 0 aliphatic carbocycles. The van der Waals surface area contributed by atoms with Gasteiger partial charge in [0.1, 0.15) is 19.1 Å². The Morgan fingerprint density at radius 3 is 2.13 bits per heavy atom. The van der Waals surface area contributed by atoms with Crippen LogP contribution in [-0.4, -0.2) is 117 Å². The van der Waals surface area contributed by atoms with E-state index in [1.807, 2.05) is 56.1 Å². The highest BCUT2D eigenvalue weighted by Gasteiger charge is 2.22. The Balaban J connectivity index is 1.14. The first-order chi connectivity index (χ1) is 26.3. The van der Waals surface area contributed by atoms with E-state index >= 15 is 0 Å². The summed E-state index contributed by atoms with van der Waals surface area (Å²) in [5.41, 5.74) is 7.61. The number of nitrogens with one attached hydrogen (secondary N) is 2. The van der Waals surface area contributed by atoms with Crippen molar-refractivity contribution in [3.8, 4) is 0 Å². The van der Waals surface area contributed by atoms with Gasteiger partial charge in [0.05, 0.1) is 63.7 Å². The Kier molecular flexibility index (Phi) is 16.8. The number of hydrogen-bond acceptors (Lipinski definition) is 11. The van der Waals surface area contributed by atoms with Crippen LogP contribution in [-0.2, 0) is 46.4 Å². The third kappa shape index (κ3) is 12.7. The lowest BCUT2D eigenvalue weighted by Crippen LogP contribution is -2.45. The number of hydrogen-bond donors (Lipinski definition) is 2. The quantitative estimate of drug-likeness (QED) is 0.330. The highest BCUT2D eigenvalue weighted by Crippen LogP contribution is 2.22. The lowest BCUT2D eigenvalue weighted by molar-refractivity contribution is -0.136. The third-order valence-corrected chi connectivity index (χ3v) is 10.00. The van der Waals surface area contributed by atoms with E-state index in [4.69, 9.17) is 28.7 Å². The molecule has 1 atom stereocenters. The van der Waals surface area contributed by atoms with E-state index in [2.05, 4.69) is 10.7 Å². The van der Waals surface area contributed by atoms with Crippen LogP contribution in [0.3, 0.4) is 0 Å². The summed E-state index contributed by atoms with van der Waals surface area (Å²) in [6, 6.07) is 11.5. The molecule has 3 heterocycles. The number of amides is 2. The van der Waals surface area contributed by atoms with Crippen molar-refractivity contribution < 1.29 is 33.3 Å². The van der Waals surface area contributed by atoms with Gasteiger partial charge in [0.2, 0.25) is 11.8 Å². The van der Waals surface area contributed by atoms with Crippen LogP contribution >= 0.6 is 0 Å². The topological polar surface area (TPSA) is 146 Å². The molecule has 2 amide bonds. The minimum atomic E-state index is -0.246. The Morgan fingerprint density at radius 1 is 0.796 bits per heavy atom. The fraction of sp³-hybridized carbons (Fsp3) is 0.600. The van der Waals surface area contributed by atoms with Crippen LogP contribution in [0.5, 0.6) is 0 Å². The molecule has 0 saturated carbocycles. The summed E-state index contributed by atoms with van der Waals surface area (Å²) < 4.78 is 30.6. The average molecular weight is 751 g/mol. The van der Waals surface area contributed by atoms with Crippen LogP contribution in [0.15, 0.2) is 41.2 Å². The molecule has 2 aliphatic heterocycles. The van der Waals surface area contributed by atoms with Gasteiger partial charge in [-0.1, -0.05) is 30.3 Å². The third-order valence-electron chi connectivity index (χ3n) is 10.00. The number of fused-ring (bicyclic) bond motifs is 1. The molecular weight excluding hydrogens is 692 g/mol. The Morgan fingerprint density at radius 2 is 1.41 bits per heavy atom. The maximum atomic E-state index is 13.8. The Bertz CT molecular complexity index is 1670. The number of benzene rings is 2. The van der Waals surface area contributed by atoms with Crippen molar-refractivity contribution in [3.05, 3.63) is 69.3 Å². The first kappa shape index (κ1) is 41.4. The van der Waals surface area contributed by atoms with E-state index in [-0.39, 0.29) is 37.2 Å². The second kappa shape index (κ2) is 22.0. The molecule has 296 valence electrons. The minimum absolute atomic E-state index is 0.0402. The lowest BCUT2D eigenvalue weighted by atomic mass is 9.95. The summed E-state index contributed by atoms with van der Waals surface area (Å²) in [5.74, 6) is 0.750. The molecule has 14 nitrogen and oxygen atoms in total. The summed E-state index contributed by atoms with van der Waals surface area (Å²) >= 11 is 0. The van der Waals surface area contributed by atoms with Crippen LogP contribution in [0.2, 0.25) is 0 Å². The fourth-order valence-corrected chi connectivity index (χ4v) is 6.77. The number of anilines is 1. The van der Waals surface area contributed by atoms with Crippen molar-refractivity contribution in [1.82, 2.24) is 24.9 Å². The molecule has 5 rings (SSSR count). The minimum Gasteiger partial charge on any atom is -0.379 e. The molecule has 2 fully saturated rings. The number of carbonyl (C=O) groups is 2. The van der Waals surface area contributed by atoms with Crippen LogP contribution in [0.25, 0.3) is 10.9 Å². The van der Waals surface area contributed by atoms with E-state index in [9.17, 15) is 14.4 Å². The lowest BCUT2D eigenvalue weighted by Gasteiger charge is -2.28. The molecule has 2 aliphatic rings. The second-order valence-corrected chi connectivity index (χ2v) is 14.0. The van der Waals surface area contributed by atoms with Gasteiger partial charge >= 0.3 is 0 Å². The molecular formula is C40H58N6O8. The summed E-state index contributed by atoms with van der Waals surface area (Å²) in [6.07, 6.45) is 3.94. The normalized spacial score (nSPS) is 19.2. The van der Waals surface area contributed by atoms with Crippen LogP contribution in [0.1, 0.15) is 54.6 Å². The summed E-state index contributed by atoms with van der Waals surface area (Å²) in [7, 11) is 0. The van der Waals surface area contributed by atoms with Crippen LogP contribution in [0, 0.1) is 26.7 Å². The van der Waals surface area contributed by atoms with Crippen molar-refractivity contribution in [3.63, 3.8) is 0 Å². The van der Waals surface area contributed by atoms with E-state index in [0.717, 1.165) is 48.1 Å². The zero-order chi connectivity index (χ0) is 38.1. The number of rotatable bonds is 9. The molecule has 0 bridgehead atoms. The van der Waals surface area contributed by atoms with Crippen molar-refractivity contribution in [2.24, 2.45) is 5.92 Å². The number of morpholine rings is 1. The molecule has 54 heavy (non-hydrogen) atoms. The number of ether oxygens (including phenoxy) is 5. The van der Waals surface area contributed by atoms with E-state index in [0.29, 0.717) is 108 Å².